The molecule has 0 aliphatic carbocycles. The van der Waals surface area contributed by atoms with E-state index in [2.05, 4.69) is 10.1 Å². The van der Waals surface area contributed by atoms with Gasteiger partial charge in [-0.3, -0.25) is 9.36 Å². The van der Waals surface area contributed by atoms with Crippen LogP contribution >= 0.6 is 0 Å². The Labute approximate surface area is 153 Å². The molecule has 27 heavy (non-hydrogen) atoms. The molecule has 0 N–H and O–H groups in total. The molecule has 2 aromatic heterocycles. The molecule has 3 rings (SSSR count). The second-order valence-corrected chi connectivity index (χ2v) is 6.75. The van der Waals surface area contributed by atoms with E-state index >= 15 is 0 Å². The topological polar surface area (TPSA) is 55.4 Å². The first-order chi connectivity index (χ1) is 12.6. The lowest BCUT2D eigenvalue weighted by molar-refractivity contribution is -0.137. The zero-order chi connectivity index (χ0) is 19.9. The maximum absolute atomic E-state index is 12.7. The van der Waals surface area contributed by atoms with Crippen LogP contribution in [0.3, 0.4) is 0 Å². The number of nitrogens with zero attached hydrogens (tertiary/aromatic N) is 5. The minimum absolute atomic E-state index is 0.0904. The van der Waals surface area contributed by atoms with E-state index in [1.807, 2.05) is 13.8 Å². The summed E-state index contributed by atoms with van der Waals surface area (Å²) < 4.78 is 41.1. The number of halogens is 3. The van der Waals surface area contributed by atoms with Crippen molar-refractivity contribution in [1.29, 1.82) is 0 Å². The number of benzene rings is 1. The highest BCUT2D eigenvalue weighted by molar-refractivity contribution is 5.48. The second-order valence-electron chi connectivity index (χ2n) is 6.75. The SMILES string of the molecule is CC(C)c1ncc2c(=O)n(C)c(CN(C)c3ccc(C(F)(F)F)cc3)nn12. The Morgan fingerprint density at radius 1 is 1.19 bits per heavy atom. The highest BCUT2D eigenvalue weighted by Crippen LogP contribution is 2.30. The zero-order valence-corrected chi connectivity index (χ0v) is 15.4. The summed E-state index contributed by atoms with van der Waals surface area (Å²) in [7, 11) is 3.35. The number of rotatable bonds is 4. The highest BCUT2D eigenvalue weighted by atomic mass is 19.4. The second kappa shape index (κ2) is 6.71. The first kappa shape index (κ1) is 18.9. The summed E-state index contributed by atoms with van der Waals surface area (Å²) in [6, 6.07) is 4.87. The standard InChI is InChI=1S/C18H20F3N5O/c1-11(2)16-22-9-14-17(27)25(4)15(23-26(14)16)10-24(3)13-7-5-12(6-8-13)18(19,20)21/h5-9,11H,10H2,1-4H3. The quantitative estimate of drug-likeness (QED) is 0.699. The fraction of sp³-hybridized carbons (Fsp3) is 0.389. The van der Waals surface area contributed by atoms with Gasteiger partial charge >= 0.3 is 6.18 Å². The Bertz CT molecular complexity index is 1020. The van der Waals surface area contributed by atoms with Crippen LogP contribution in [0.15, 0.2) is 35.3 Å². The predicted octanol–water partition coefficient (Wildman–Crippen LogP) is 3.21. The van der Waals surface area contributed by atoms with E-state index in [1.165, 1.54) is 22.9 Å². The molecule has 0 spiro atoms. The maximum atomic E-state index is 12.7. The molecule has 0 fully saturated rings. The van der Waals surface area contributed by atoms with Crippen molar-refractivity contribution in [2.45, 2.75) is 32.5 Å². The van der Waals surface area contributed by atoms with Gasteiger partial charge in [0.2, 0.25) is 0 Å². The molecule has 6 nitrogen and oxygen atoms in total. The van der Waals surface area contributed by atoms with E-state index in [9.17, 15) is 18.0 Å². The monoisotopic (exact) mass is 379 g/mol. The molecule has 0 unspecified atom stereocenters. The van der Waals surface area contributed by atoms with Crippen LogP contribution < -0.4 is 10.5 Å². The molecule has 0 amide bonds. The Kier molecular flexibility index (Phi) is 4.71. The number of fused-ring (bicyclic) bond motifs is 1. The van der Waals surface area contributed by atoms with Gasteiger partial charge in [0.15, 0.2) is 11.3 Å². The average Bonchev–Trinajstić information content (AvgIpc) is 3.03. The van der Waals surface area contributed by atoms with E-state index in [4.69, 9.17) is 0 Å². The first-order valence-electron chi connectivity index (χ1n) is 8.41. The van der Waals surface area contributed by atoms with Crippen LogP contribution in [0.1, 0.15) is 37.0 Å². The zero-order valence-electron chi connectivity index (χ0n) is 15.4. The first-order valence-corrected chi connectivity index (χ1v) is 8.41. The Hall–Kier alpha value is -2.84. The Morgan fingerprint density at radius 2 is 1.81 bits per heavy atom. The van der Waals surface area contributed by atoms with Crippen molar-refractivity contribution in [3.63, 3.8) is 0 Å². The molecule has 1 aromatic carbocycles. The third-order valence-corrected chi connectivity index (χ3v) is 4.42. The van der Waals surface area contributed by atoms with Gasteiger partial charge in [0.1, 0.15) is 5.82 Å². The van der Waals surface area contributed by atoms with Gasteiger partial charge in [0.25, 0.3) is 5.56 Å². The van der Waals surface area contributed by atoms with Crippen LogP contribution in [-0.4, -0.2) is 26.2 Å². The number of aromatic nitrogens is 4. The molecule has 0 radical (unpaired) electrons. The number of hydrogen-bond acceptors (Lipinski definition) is 4. The van der Waals surface area contributed by atoms with Gasteiger partial charge in [-0.25, -0.2) is 9.50 Å². The van der Waals surface area contributed by atoms with E-state index in [0.29, 0.717) is 22.9 Å². The molecule has 0 aliphatic rings. The number of alkyl halides is 3. The van der Waals surface area contributed by atoms with Crippen LogP contribution in [-0.2, 0) is 19.8 Å². The summed E-state index contributed by atoms with van der Waals surface area (Å²) in [6.07, 6.45) is -2.86. The molecule has 9 heteroatoms. The van der Waals surface area contributed by atoms with E-state index < -0.39 is 11.7 Å². The van der Waals surface area contributed by atoms with Crippen molar-refractivity contribution < 1.29 is 13.2 Å². The fourth-order valence-electron chi connectivity index (χ4n) is 2.82. The van der Waals surface area contributed by atoms with Crippen molar-refractivity contribution in [3.05, 3.63) is 58.0 Å². The lowest BCUT2D eigenvalue weighted by atomic mass is 10.2. The summed E-state index contributed by atoms with van der Waals surface area (Å²) in [5, 5.41) is 4.53. The molecule has 2 heterocycles. The number of anilines is 1. The summed E-state index contributed by atoms with van der Waals surface area (Å²) >= 11 is 0. The van der Waals surface area contributed by atoms with Crippen molar-refractivity contribution in [2.24, 2.45) is 7.05 Å². The summed E-state index contributed by atoms with van der Waals surface area (Å²) in [5.74, 6) is 1.25. The molecule has 0 saturated heterocycles. The Morgan fingerprint density at radius 3 is 2.37 bits per heavy atom. The molecule has 0 atom stereocenters. The van der Waals surface area contributed by atoms with Crippen molar-refractivity contribution in [3.8, 4) is 0 Å². The number of hydrogen-bond donors (Lipinski definition) is 0. The minimum Gasteiger partial charge on any atom is -0.367 e. The van der Waals surface area contributed by atoms with Crippen LogP contribution in [0.5, 0.6) is 0 Å². The molecule has 0 saturated carbocycles. The van der Waals surface area contributed by atoms with Crippen LogP contribution in [0.25, 0.3) is 5.52 Å². The van der Waals surface area contributed by atoms with Crippen LogP contribution in [0.2, 0.25) is 0 Å². The third-order valence-electron chi connectivity index (χ3n) is 4.42. The largest absolute Gasteiger partial charge is 0.416 e. The molecular weight excluding hydrogens is 359 g/mol. The van der Waals surface area contributed by atoms with Gasteiger partial charge < -0.3 is 4.90 Å². The van der Waals surface area contributed by atoms with E-state index in [-0.39, 0.29) is 18.0 Å². The van der Waals surface area contributed by atoms with Crippen LogP contribution in [0, 0.1) is 0 Å². The van der Waals surface area contributed by atoms with Gasteiger partial charge in [0.05, 0.1) is 18.3 Å². The van der Waals surface area contributed by atoms with Crippen LogP contribution in [0.4, 0.5) is 18.9 Å². The maximum Gasteiger partial charge on any atom is 0.416 e. The number of imidazole rings is 1. The van der Waals surface area contributed by atoms with Crippen molar-refractivity contribution in [2.75, 3.05) is 11.9 Å². The normalized spacial score (nSPS) is 12.1. The molecule has 144 valence electrons. The van der Waals surface area contributed by atoms with Gasteiger partial charge in [-0.2, -0.15) is 18.3 Å². The predicted molar refractivity (Wildman–Crippen MR) is 95.9 cm³/mol. The highest BCUT2D eigenvalue weighted by Gasteiger charge is 2.30. The fourth-order valence-corrected chi connectivity index (χ4v) is 2.82. The lowest BCUT2D eigenvalue weighted by Gasteiger charge is -2.21. The minimum atomic E-state index is -4.37. The molecule has 3 aromatic rings. The average molecular weight is 379 g/mol. The van der Waals surface area contributed by atoms with Gasteiger partial charge in [-0.1, -0.05) is 13.8 Å². The van der Waals surface area contributed by atoms with Gasteiger partial charge in [-0.15, -0.1) is 0 Å². The van der Waals surface area contributed by atoms with Gasteiger partial charge in [-0.05, 0) is 24.3 Å². The molecule has 0 aliphatic heterocycles. The van der Waals surface area contributed by atoms with Crippen molar-refractivity contribution >= 4 is 11.2 Å². The third kappa shape index (κ3) is 3.54. The summed E-state index contributed by atoms with van der Waals surface area (Å²) in [6.45, 7) is 4.17. The smallest absolute Gasteiger partial charge is 0.367 e. The summed E-state index contributed by atoms with van der Waals surface area (Å²) in [5.41, 5.74) is 0.0565. The Balaban J connectivity index is 1.95. The van der Waals surface area contributed by atoms with Crippen molar-refractivity contribution in [1.82, 2.24) is 19.2 Å². The lowest BCUT2D eigenvalue weighted by Crippen LogP contribution is -2.29. The van der Waals surface area contributed by atoms with E-state index in [1.54, 1.807) is 23.5 Å². The molecule has 0 bridgehead atoms. The molecular formula is C18H20F3N5O. The summed E-state index contributed by atoms with van der Waals surface area (Å²) in [4.78, 5) is 18.6. The van der Waals surface area contributed by atoms with E-state index in [0.717, 1.165) is 12.1 Å². The van der Waals surface area contributed by atoms with Gasteiger partial charge in [0, 0.05) is 25.7 Å².